The highest BCUT2D eigenvalue weighted by atomic mass is 35.5. The second kappa shape index (κ2) is 5.96. The molecule has 0 fully saturated rings. The van der Waals surface area contributed by atoms with E-state index in [1.807, 2.05) is 0 Å². The predicted molar refractivity (Wildman–Crippen MR) is 74.8 cm³/mol. The van der Waals surface area contributed by atoms with Gasteiger partial charge in [-0.15, -0.1) is 0 Å². The highest BCUT2D eigenvalue weighted by Gasteiger charge is 2.29. The van der Waals surface area contributed by atoms with Gasteiger partial charge in [-0.1, -0.05) is 11.6 Å². The number of nitrogens with one attached hydrogen (secondary N) is 1. The lowest BCUT2D eigenvalue weighted by Gasteiger charge is -2.23. The molecule has 0 saturated heterocycles. The smallest absolute Gasteiger partial charge is 0.305 e. The predicted octanol–water partition coefficient (Wildman–Crippen LogP) is 1.78. The quantitative estimate of drug-likeness (QED) is 0.602. The molecular formula is C11H13ClN2O6S. The lowest BCUT2D eigenvalue weighted by atomic mass is 10.0. The number of nitro groups is 1. The number of carboxylic acids is 1. The Bertz CT molecular complexity index is 686. The fourth-order valence-corrected chi connectivity index (χ4v) is 3.25. The first-order valence-electron chi connectivity index (χ1n) is 5.64. The number of hydrogen-bond acceptors (Lipinski definition) is 5. The Morgan fingerprint density at radius 3 is 2.52 bits per heavy atom. The van der Waals surface area contributed by atoms with Crippen LogP contribution in [-0.4, -0.2) is 30.0 Å². The summed E-state index contributed by atoms with van der Waals surface area (Å²) in [6.45, 7) is 2.78. The van der Waals surface area contributed by atoms with Crippen molar-refractivity contribution < 1.29 is 23.2 Å². The number of halogens is 1. The standard InChI is InChI=1S/C11H13ClN2O6S/c1-11(2,6-10(15)16)13-21(19,20)7-3-4-8(12)9(5-7)14(17)18/h3-5,13H,6H2,1-2H3,(H,15,16). The van der Waals surface area contributed by atoms with E-state index in [-0.39, 0.29) is 9.92 Å². The molecule has 0 amide bonds. The minimum atomic E-state index is -4.11. The van der Waals surface area contributed by atoms with Gasteiger partial charge < -0.3 is 5.11 Å². The van der Waals surface area contributed by atoms with Gasteiger partial charge >= 0.3 is 5.97 Å². The first kappa shape index (κ1) is 17.3. The number of hydrogen-bond donors (Lipinski definition) is 2. The van der Waals surface area contributed by atoms with Crippen LogP contribution in [0, 0.1) is 10.1 Å². The van der Waals surface area contributed by atoms with E-state index in [0.717, 1.165) is 18.2 Å². The van der Waals surface area contributed by atoms with E-state index in [1.54, 1.807) is 0 Å². The van der Waals surface area contributed by atoms with Gasteiger partial charge in [0.1, 0.15) is 5.02 Å². The van der Waals surface area contributed by atoms with Crippen molar-refractivity contribution in [1.29, 1.82) is 0 Å². The Morgan fingerprint density at radius 2 is 2.05 bits per heavy atom. The molecule has 0 aliphatic rings. The van der Waals surface area contributed by atoms with Crippen LogP contribution in [0.2, 0.25) is 5.02 Å². The molecule has 2 N–H and O–H groups in total. The van der Waals surface area contributed by atoms with Crippen LogP contribution in [0.1, 0.15) is 20.3 Å². The molecule has 0 aliphatic carbocycles. The second-order valence-electron chi connectivity index (χ2n) is 4.93. The molecule has 10 heteroatoms. The summed E-state index contributed by atoms with van der Waals surface area (Å²) in [4.78, 5) is 20.3. The van der Waals surface area contributed by atoms with Gasteiger partial charge in [0.05, 0.1) is 16.2 Å². The fraction of sp³-hybridized carbons (Fsp3) is 0.364. The summed E-state index contributed by atoms with van der Waals surface area (Å²) < 4.78 is 26.5. The molecule has 0 aromatic heterocycles. The maximum atomic E-state index is 12.1. The minimum Gasteiger partial charge on any atom is -0.481 e. The Morgan fingerprint density at radius 1 is 1.48 bits per heavy atom. The average molecular weight is 337 g/mol. The zero-order valence-electron chi connectivity index (χ0n) is 11.2. The molecule has 1 aromatic carbocycles. The second-order valence-corrected chi connectivity index (χ2v) is 7.02. The van der Waals surface area contributed by atoms with E-state index in [9.17, 15) is 23.3 Å². The highest BCUT2D eigenvalue weighted by molar-refractivity contribution is 7.89. The molecule has 0 atom stereocenters. The Kier molecular flexibility index (Phi) is 4.92. The van der Waals surface area contributed by atoms with Crippen molar-refractivity contribution in [2.45, 2.75) is 30.7 Å². The van der Waals surface area contributed by atoms with Crippen molar-refractivity contribution in [3.63, 3.8) is 0 Å². The lowest BCUT2D eigenvalue weighted by Crippen LogP contribution is -2.44. The number of aliphatic carboxylic acids is 1. The molecule has 0 aliphatic heterocycles. The van der Waals surface area contributed by atoms with E-state index in [0.29, 0.717) is 0 Å². The molecule has 8 nitrogen and oxygen atoms in total. The number of sulfonamides is 1. The maximum Gasteiger partial charge on any atom is 0.305 e. The normalized spacial score (nSPS) is 12.1. The van der Waals surface area contributed by atoms with Gasteiger partial charge in [-0.05, 0) is 26.0 Å². The molecule has 1 rings (SSSR count). The summed E-state index contributed by atoms with van der Waals surface area (Å²) >= 11 is 5.61. The molecule has 0 unspecified atom stereocenters. The third-order valence-electron chi connectivity index (χ3n) is 2.43. The van der Waals surface area contributed by atoms with Gasteiger partial charge in [0.25, 0.3) is 5.69 Å². The fourth-order valence-electron chi connectivity index (χ4n) is 1.64. The largest absolute Gasteiger partial charge is 0.481 e. The molecule has 0 heterocycles. The van der Waals surface area contributed by atoms with Crippen LogP contribution in [0.5, 0.6) is 0 Å². The van der Waals surface area contributed by atoms with Crippen LogP contribution >= 0.6 is 11.6 Å². The van der Waals surface area contributed by atoms with E-state index in [4.69, 9.17) is 16.7 Å². The Hall–Kier alpha value is -1.71. The highest BCUT2D eigenvalue weighted by Crippen LogP contribution is 2.27. The summed E-state index contributed by atoms with van der Waals surface area (Å²) in [5, 5.41) is 19.3. The number of nitrogens with zero attached hydrogens (tertiary/aromatic N) is 1. The Balaban J connectivity index is 3.17. The van der Waals surface area contributed by atoms with Crippen LogP contribution in [0.15, 0.2) is 23.1 Å². The van der Waals surface area contributed by atoms with Crippen LogP contribution in [-0.2, 0) is 14.8 Å². The number of nitro benzene ring substituents is 1. The van der Waals surface area contributed by atoms with Gasteiger partial charge in [-0.2, -0.15) is 0 Å². The van der Waals surface area contributed by atoms with Crippen LogP contribution in [0.3, 0.4) is 0 Å². The SMILES string of the molecule is CC(C)(CC(=O)O)NS(=O)(=O)c1ccc(Cl)c([N+](=O)[O-])c1. The average Bonchev–Trinajstić information content (AvgIpc) is 2.24. The summed E-state index contributed by atoms with van der Waals surface area (Å²) in [7, 11) is -4.11. The van der Waals surface area contributed by atoms with E-state index < -0.39 is 38.6 Å². The number of rotatable bonds is 6. The van der Waals surface area contributed by atoms with E-state index in [1.165, 1.54) is 13.8 Å². The zero-order chi connectivity index (χ0) is 16.4. The summed E-state index contributed by atoms with van der Waals surface area (Å²) in [6.07, 6.45) is -0.443. The van der Waals surface area contributed by atoms with Crippen molar-refractivity contribution in [1.82, 2.24) is 4.72 Å². The van der Waals surface area contributed by atoms with Gasteiger partial charge in [0.2, 0.25) is 10.0 Å². The maximum absolute atomic E-state index is 12.1. The van der Waals surface area contributed by atoms with Crippen LogP contribution in [0.25, 0.3) is 0 Å². The number of carboxylic acid groups (broad SMARTS) is 1. The minimum absolute atomic E-state index is 0.191. The molecule has 0 radical (unpaired) electrons. The lowest BCUT2D eigenvalue weighted by molar-refractivity contribution is -0.384. The van der Waals surface area contributed by atoms with Crippen molar-refractivity contribution in [3.05, 3.63) is 33.3 Å². The molecule has 0 bridgehead atoms. The summed E-state index contributed by atoms with van der Waals surface area (Å²) in [5.41, 5.74) is -1.80. The van der Waals surface area contributed by atoms with Gasteiger partial charge in [-0.3, -0.25) is 14.9 Å². The van der Waals surface area contributed by atoms with Crippen molar-refractivity contribution in [2.24, 2.45) is 0 Å². The number of benzene rings is 1. The number of carbonyl (C=O) groups is 1. The van der Waals surface area contributed by atoms with E-state index >= 15 is 0 Å². The molecule has 0 saturated carbocycles. The molecule has 21 heavy (non-hydrogen) atoms. The van der Waals surface area contributed by atoms with Gasteiger partial charge in [-0.25, -0.2) is 13.1 Å². The third-order valence-corrected chi connectivity index (χ3v) is 4.44. The van der Waals surface area contributed by atoms with E-state index in [2.05, 4.69) is 4.72 Å². The van der Waals surface area contributed by atoms with Crippen molar-refractivity contribution >= 4 is 33.3 Å². The summed E-state index contributed by atoms with van der Waals surface area (Å²) in [5.74, 6) is -1.18. The first-order valence-corrected chi connectivity index (χ1v) is 7.50. The van der Waals surface area contributed by atoms with Gasteiger partial charge in [0, 0.05) is 11.6 Å². The third kappa shape index (κ3) is 4.66. The summed E-state index contributed by atoms with van der Waals surface area (Å²) in [6, 6.07) is 3.02. The molecular weight excluding hydrogens is 324 g/mol. The van der Waals surface area contributed by atoms with Crippen molar-refractivity contribution in [2.75, 3.05) is 0 Å². The van der Waals surface area contributed by atoms with Crippen LogP contribution in [0.4, 0.5) is 5.69 Å². The van der Waals surface area contributed by atoms with Crippen molar-refractivity contribution in [3.8, 4) is 0 Å². The monoisotopic (exact) mass is 336 g/mol. The zero-order valence-corrected chi connectivity index (χ0v) is 12.7. The molecule has 1 aromatic rings. The Labute approximate surface area is 125 Å². The topological polar surface area (TPSA) is 127 Å². The van der Waals surface area contributed by atoms with Crippen LogP contribution < -0.4 is 4.72 Å². The molecule has 116 valence electrons. The molecule has 0 spiro atoms. The first-order chi connectivity index (χ1) is 9.44. The van der Waals surface area contributed by atoms with Gasteiger partial charge in [0.15, 0.2) is 0 Å².